The van der Waals surface area contributed by atoms with Crippen LogP contribution in [-0.4, -0.2) is 35.5 Å². The number of carbonyl (C=O) groups is 4. The van der Waals surface area contributed by atoms with Gasteiger partial charge in [0.1, 0.15) is 17.1 Å². The quantitative estimate of drug-likeness (QED) is 0.361. The largest absolute Gasteiger partial charge is 0.508 e. The monoisotopic (exact) mass is 485 g/mol. The van der Waals surface area contributed by atoms with E-state index in [0.717, 1.165) is 16.0 Å². The number of rotatable bonds is 6. The Kier molecular flexibility index (Phi) is 6.82. The minimum absolute atomic E-state index is 0.0388. The van der Waals surface area contributed by atoms with Crippen molar-refractivity contribution in [2.75, 3.05) is 16.8 Å². The van der Waals surface area contributed by atoms with E-state index in [1.54, 1.807) is 30.3 Å². The fourth-order valence-electron chi connectivity index (χ4n) is 3.60. The molecule has 1 aliphatic heterocycles. The number of aromatic hydroxyl groups is 1. The van der Waals surface area contributed by atoms with Crippen LogP contribution in [0.15, 0.2) is 72.3 Å². The molecule has 0 unspecified atom stereocenters. The van der Waals surface area contributed by atoms with Gasteiger partial charge in [-0.3, -0.25) is 19.7 Å². The van der Waals surface area contributed by atoms with Crippen LogP contribution in [0.2, 0.25) is 0 Å². The maximum Gasteiger partial charge on any atom is 0.335 e. The molecule has 36 heavy (non-hydrogen) atoms. The number of imide groups is 2. The third kappa shape index (κ3) is 5.10. The summed E-state index contributed by atoms with van der Waals surface area (Å²) < 4.78 is 5.69. The fraction of sp³-hybridized carbons (Fsp3) is 0.111. The zero-order chi connectivity index (χ0) is 25.8. The van der Waals surface area contributed by atoms with Crippen molar-refractivity contribution < 1.29 is 29.0 Å². The summed E-state index contributed by atoms with van der Waals surface area (Å²) >= 11 is 0. The number of phenols is 1. The van der Waals surface area contributed by atoms with Crippen molar-refractivity contribution in [1.82, 2.24) is 5.32 Å². The standard InChI is InChI=1S/C27H23N3O6/c1-16-6-5-8-22(17(16)2)28-24(32)15-36-23-9-4-3-7-18(23)14-21-25(33)29-27(35)30(26(21)34)19-10-12-20(31)13-11-19/h3-14,31H,15H2,1-2H3,(H,28,32)(H,29,33,35)/b21-14-. The van der Waals surface area contributed by atoms with Gasteiger partial charge >= 0.3 is 6.03 Å². The number of carbonyl (C=O) groups excluding carboxylic acids is 4. The van der Waals surface area contributed by atoms with Crippen LogP contribution < -0.4 is 20.3 Å². The van der Waals surface area contributed by atoms with Crippen molar-refractivity contribution in [3.8, 4) is 11.5 Å². The van der Waals surface area contributed by atoms with Crippen molar-refractivity contribution in [2.45, 2.75) is 13.8 Å². The number of aryl methyl sites for hydroxylation is 1. The van der Waals surface area contributed by atoms with E-state index in [1.165, 1.54) is 30.3 Å². The second-order valence-corrected chi connectivity index (χ2v) is 8.10. The molecule has 4 rings (SSSR count). The first kappa shape index (κ1) is 24.2. The van der Waals surface area contributed by atoms with Crippen LogP contribution in [0.3, 0.4) is 0 Å². The number of benzene rings is 3. The molecule has 9 nitrogen and oxygen atoms in total. The summed E-state index contributed by atoms with van der Waals surface area (Å²) in [6.45, 7) is 3.56. The molecule has 5 amide bonds. The summed E-state index contributed by atoms with van der Waals surface area (Å²) in [6, 6.07) is 16.7. The van der Waals surface area contributed by atoms with E-state index >= 15 is 0 Å². The number of hydrogen-bond donors (Lipinski definition) is 3. The van der Waals surface area contributed by atoms with Crippen molar-refractivity contribution in [1.29, 1.82) is 0 Å². The first-order valence-corrected chi connectivity index (χ1v) is 11.0. The highest BCUT2D eigenvalue weighted by molar-refractivity contribution is 6.39. The van der Waals surface area contributed by atoms with Gasteiger partial charge in [0, 0.05) is 11.3 Å². The molecular weight excluding hydrogens is 462 g/mol. The number of amides is 5. The van der Waals surface area contributed by atoms with E-state index in [2.05, 4.69) is 10.6 Å². The Morgan fingerprint density at radius 1 is 1.00 bits per heavy atom. The molecule has 1 aliphatic rings. The molecule has 9 heteroatoms. The highest BCUT2D eigenvalue weighted by Crippen LogP contribution is 2.26. The van der Waals surface area contributed by atoms with Crippen LogP contribution in [0.1, 0.15) is 16.7 Å². The van der Waals surface area contributed by atoms with E-state index in [1.807, 2.05) is 26.0 Å². The Hall–Kier alpha value is -4.92. The van der Waals surface area contributed by atoms with Crippen molar-refractivity contribution >= 4 is 41.2 Å². The summed E-state index contributed by atoms with van der Waals surface area (Å²) in [6.07, 6.45) is 1.30. The molecule has 0 spiro atoms. The van der Waals surface area contributed by atoms with Gasteiger partial charge in [-0.2, -0.15) is 0 Å². The topological polar surface area (TPSA) is 125 Å². The lowest BCUT2D eigenvalue weighted by Gasteiger charge is -2.26. The van der Waals surface area contributed by atoms with E-state index in [4.69, 9.17) is 4.74 Å². The molecule has 1 heterocycles. The van der Waals surface area contributed by atoms with Crippen molar-refractivity contribution in [3.05, 3.63) is 89.0 Å². The van der Waals surface area contributed by atoms with Crippen molar-refractivity contribution in [3.63, 3.8) is 0 Å². The van der Waals surface area contributed by atoms with E-state index in [0.29, 0.717) is 11.3 Å². The van der Waals surface area contributed by atoms with Crippen LogP contribution in [-0.2, 0) is 14.4 Å². The van der Waals surface area contributed by atoms with Gasteiger partial charge in [0.25, 0.3) is 17.7 Å². The predicted molar refractivity (Wildman–Crippen MR) is 134 cm³/mol. The summed E-state index contributed by atoms with van der Waals surface area (Å²) in [5, 5.41) is 14.4. The van der Waals surface area contributed by atoms with Gasteiger partial charge in [0.05, 0.1) is 5.69 Å². The molecule has 0 atom stereocenters. The zero-order valence-corrected chi connectivity index (χ0v) is 19.6. The van der Waals surface area contributed by atoms with Crippen LogP contribution in [0.4, 0.5) is 16.2 Å². The smallest absolute Gasteiger partial charge is 0.335 e. The van der Waals surface area contributed by atoms with E-state index in [9.17, 15) is 24.3 Å². The third-order valence-corrected chi connectivity index (χ3v) is 5.67. The Bertz CT molecular complexity index is 1390. The molecule has 1 fully saturated rings. The maximum absolute atomic E-state index is 13.1. The van der Waals surface area contributed by atoms with Gasteiger partial charge in [-0.1, -0.05) is 30.3 Å². The molecule has 0 radical (unpaired) electrons. The van der Waals surface area contributed by atoms with Crippen molar-refractivity contribution in [2.24, 2.45) is 0 Å². The second-order valence-electron chi connectivity index (χ2n) is 8.10. The molecule has 0 aromatic heterocycles. The van der Waals surface area contributed by atoms with E-state index in [-0.39, 0.29) is 35.3 Å². The van der Waals surface area contributed by atoms with Gasteiger partial charge in [0.15, 0.2) is 6.61 Å². The van der Waals surface area contributed by atoms with Gasteiger partial charge in [-0.25, -0.2) is 9.69 Å². The average molecular weight is 485 g/mol. The Morgan fingerprint density at radius 3 is 2.47 bits per heavy atom. The van der Waals surface area contributed by atoms with Crippen LogP contribution in [0.25, 0.3) is 6.08 Å². The van der Waals surface area contributed by atoms with Gasteiger partial charge < -0.3 is 15.2 Å². The van der Waals surface area contributed by atoms with Gasteiger partial charge in [-0.05, 0) is 67.4 Å². The molecule has 3 aromatic carbocycles. The molecule has 1 saturated heterocycles. The van der Waals surface area contributed by atoms with Crippen LogP contribution in [0, 0.1) is 13.8 Å². The first-order chi connectivity index (χ1) is 17.2. The summed E-state index contributed by atoms with van der Waals surface area (Å²) in [5.74, 6) is -1.83. The summed E-state index contributed by atoms with van der Waals surface area (Å²) in [7, 11) is 0. The number of hydrogen-bond acceptors (Lipinski definition) is 6. The number of para-hydroxylation sites is 1. The lowest BCUT2D eigenvalue weighted by atomic mass is 10.1. The number of ether oxygens (including phenoxy) is 1. The number of nitrogens with zero attached hydrogens (tertiary/aromatic N) is 1. The molecular formula is C27H23N3O6. The van der Waals surface area contributed by atoms with Gasteiger partial charge in [-0.15, -0.1) is 0 Å². The number of anilines is 2. The molecule has 0 aliphatic carbocycles. The maximum atomic E-state index is 13.1. The molecule has 3 aromatic rings. The summed E-state index contributed by atoms with van der Waals surface area (Å²) in [5.41, 5.74) is 2.93. The van der Waals surface area contributed by atoms with Crippen LogP contribution in [0.5, 0.6) is 11.5 Å². The minimum atomic E-state index is -0.902. The average Bonchev–Trinajstić information content (AvgIpc) is 2.85. The third-order valence-electron chi connectivity index (χ3n) is 5.67. The molecule has 3 N–H and O–H groups in total. The molecule has 0 bridgehead atoms. The number of nitrogens with one attached hydrogen (secondary N) is 2. The van der Waals surface area contributed by atoms with Crippen LogP contribution >= 0.6 is 0 Å². The highest BCUT2D eigenvalue weighted by atomic mass is 16.5. The minimum Gasteiger partial charge on any atom is -0.508 e. The Labute approximate surface area is 207 Å². The SMILES string of the molecule is Cc1cccc(NC(=O)COc2ccccc2/C=C2/C(=O)NC(=O)N(c3ccc(O)cc3)C2=O)c1C. The lowest BCUT2D eigenvalue weighted by molar-refractivity contribution is -0.122. The Morgan fingerprint density at radius 2 is 1.72 bits per heavy atom. The number of phenolic OH excluding ortho intramolecular Hbond substituents is 1. The van der Waals surface area contributed by atoms with Gasteiger partial charge in [0.2, 0.25) is 0 Å². The number of barbiturate groups is 1. The normalized spacial score (nSPS) is 14.6. The highest BCUT2D eigenvalue weighted by Gasteiger charge is 2.37. The molecule has 0 saturated carbocycles. The number of urea groups is 1. The second kappa shape index (κ2) is 10.1. The zero-order valence-electron chi connectivity index (χ0n) is 19.6. The first-order valence-electron chi connectivity index (χ1n) is 11.0. The Balaban J connectivity index is 1.54. The summed E-state index contributed by atoms with van der Waals surface area (Å²) in [4.78, 5) is 51.2. The predicted octanol–water partition coefficient (Wildman–Crippen LogP) is 3.69. The molecule has 182 valence electrons. The fourth-order valence-corrected chi connectivity index (χ4v) is 3.60. The van der Waals surface area contributed by atoms with E-state index < -0.39 is 17.8 Å². The lowest BCUT2D eigenvalue weighted by Crippen LogP contribution is -2.54.